The van der Waals surface area contributed by atoms with E-state index in [2.05, 4.69) is 0 Å². The predicted octanol–water partition coefficient (Wildman–Crippen LogP) is 7.05. The van der Waals surface area contributed by atoms with E-state index in [1.54, 1.807) is 52.0 Å². The first-order valence-electron chi connectivity index (χ1n) is 10.8. The zero-order chi connectivity index (χ0) is 25.4. The molecule has 34 heavy (non-hydrogen) atoms. The smallest absolute Gasteiger partial charge is 0.416 e. The van der Waals surface area contributed by atoms with E-state index in [9.17, 15) is 22.5 Å². The van der Waals surface area contributed by atoms with Gasteiger partial charge in [-0.15, -0.1) is 0 Å². The molecule has 1 unspecified atom stereocenters. The highest BCUT2D eigenvalue weighted by molar-refractivity contribution is 7.59. The van der Waals surface area contributed by atoms with E-state index in [1.165, 1.54) is 12.1 Å². The molecule has 1 atom stereocenters. The minimum absolute atomic E-state index is 0.0931. The lowest BCUT2D eigenvalue weighted by atomic mass is 10.2. The van der Waals surface area contributed by atoms with Crippen LogP contribution in [0.3, 0.4) is 0 Å². The fraction of sp³-hybridized carbons (Fsp3) is 0.375. The third-order valence-electron chi connectivity index (χ3n) is 4.74. The molecule has 0 bridgehead atoms. The Hall–Kier alpha value is -2.93. The van der Waals surface area contributed by atoms with Crippen LogP contribution in [0.15, 0.2) is 60.4 Å². The second-order valence-electron chi connectivity index (χ2n) is 7.19. The Labute approximate surface area is 197 Å². The lowest BCUT2D eigenvalue weighted by Crippen LogP contribution is -2.19. The van der Waals surface area contributed by atoms with Gasteiger partial charge in [-0.1, -0.05) is 13.8 Å². The fourth-order valence-corrected chi connectivity index (χ4v) is 4.05. The van der Waals surface area contributed by atoms with Gasteiger partial charge in [0.25, 0.3) is 0 Å². The van der Waals surface area contributed by atoms with E-state index < -0.39 is 31.2 Å². The standard InChI is InChI=1S/C24H28F3O6P/c1-5-30-23(28)16-22(33-34(29,6-2)7-3)17(4)31-19-12-14-21(15-13-19)32-20-10-8-18(9-11-20)24(25,26)27/h8-17H,5-7H2,1-4H3. The van der Waals surface area contributed by atoms with Crippen molar-refractivity contribution in [3.63, 3.8) is 0 Å². The maximum Gasteiger partial charge on any atom is 0.416 e. The molecule has 0 aromatic heterocycles. The van der Waals surface area contributed by atoms with Crippen LogP contribution >= 0.6 is 7.37 Å². The van der Waals surface area contributed by atoms with E-state index in [4.69, 9.17) is 18.7 Å². The van der Waals surface area contributed by atoms with Crippen LogP contribution in [0.4, 0.5) is 13.2 Å². The monoisotopic (exact) mass is 500 g/mol. The number of ether oxygens (including phenoxy) is 3. The van der Waals surface area contributed by atoms with Gasteiger partial charge in [0.2, 0.25) is 7.37 Å². The quantitative estimate of drug-likeness (QED) is 0.143. The molecule has 2 rings (SSSR count). The molecule has 6 nitrogen and oxygen atoms in total. The lowest BCUT2D eigenvalue weighted by molar-refractivity contribution is -0.138. The summed E-state index contributed by atoms with van der Waals surface area (Å²) in [6.07, 6.45) is -3.44. The van der Waals surface area contributed by atoms with Crippen molar-refractivity contribution in [3.05, 3.63) is 65.9 Å². The molecule has 2 aromatic rings. The molecule has 0 N–H and O–H groups in total. The summed E-state index contributed by atoms with van der Waals surface area (Å²) in [6, 6.07) is 10.7. The summed E-state index contributed by atoms with van der Waals surface area (Å²) in [5.74, 6) is 0.508. The zero-order valence-electron chi connectivity index (χ0n) is 19.4. The second kappa shape index (κ2) is 12.0. The Morgan fingerprint density at radius 2 is 1.44 bits per heavy atom. The normalized spacial score (nSPS) is 13.2. The summed E-state index contributed by atoms with van der Waals surface area (Å²) < 4.78 is 72.9. The number of rotatable bonds is 11. The molecule has 0 saturated heterocycles. The Morgan fingerprint density at radius 1 is 0.941 bits per heavy atom. The minimum Gasteiger partial charge on any atom is -0.483 e. The van der Waals surface area contributed by atoms with Crippen LogP contribution in [0.1, 0.15) is 33.3 Å². The van der Waals surface area contributed by atoms with Gasteiger partial charge in [-0.05, 0) is 62.4 Å². The number of alkyl halides is 3. The van der Waals surface area contributed by atoms with Crippen molar-refractivity contribution >= 4 is 13.3 Å². The topological polar surface area (TPSA) is 71.1 Å². The van der Waals surface area contributed by atoms with Crippen LogP contribution in [0.25, 0.3) is 0 Å². The third kappa shape index (κ3) is 8.13. The Bertz CT molecular complexity index is 1010. The van der Waals surface area contributed by atoms with Crippen LogP contribution in [0, 0.1) is 0 Å². The largest absolute Gasteiger partial charge is 0.483 e. The third-order valence-corrected chi connectivity index (χ3v) is 7.21. The van der Waals surface area contributed by atoms with Gasteiger partial charge in [-0.2, -0.15) is 13.2 Å². The van der Waals surface area contributed by atoms with Crippen molar-refractivity contribution in [2.45, 2.75) is 40.0 Å². The van der Waals surface area contributed by atoms with Crippen molar-refractivity contribution in [2.24, 2.45) is 0 Å². The molecular weight excluding hydrogens is 472 g/mol. The molecule has 0 amide bonds. The summed E-state index contributed by atoms with van der Waals surface area (Å²) in [7, 11) is -2.98. The highest BCUT2D eigenvalue weighted by atomic mass is 31.2. The van der Waals surface area contributed by atoms with Gasteiger partial charge >= 0.3 is 12.1 Å². The number of esters is 1. The molecule has 0 fully saturated rings. The predicted molar refractivity (Wildman–Crippen MR) is 123 cm³/mol. The zero-order valence-corrected chi connectivity index (χ0v) is 20.3. The van der Waals surface area contributed by atoms with Crippen LogP contribution in [0.5, 0.6) is 17.2 Å². The maximum absolute atomic E-state index is 12.8. The average molecular weight is 500 g/mol. The van der Waals surface area contributed by atoms with Gasteiger partial charge in [0, 0.05) is 12.3 Å². The van der Waals surface area contributed by atoms with Crippen molar-refractivity contribution in [3.8, 4) is 17.2 Å². The number of hydrogen-bond donors (Lipinski definition) is 0. The van der Waals surface area contributed by atoms with E-state index in [0.29, 0.717) is 23.8 Å². The molecule has 0 spiro atoms. The molecule has 0 aliphatic heterocycles. The maximum atomic E-state index is 12.8. The van der Waals surface area contributed by atoms with Crippen LogP contribution in [0.2, 0.25) is 0 Å². The molecule has 0 aliphatic carbocycles. The lowest BCUT2D eigenvalue weighted by Gasteiger charge is -2.23. The van der Waals surface area contributed by atoms with Crippen molar-refractivity contribution in [2.75, 3.05) is 18.9 Å². The summed E-state index contributed by atoms with van der Waals surface area (Å²) in [5, 5.41) is 0. The first-order chi connectivity index (χ1) is 16.0. The van der Waals surface area contributed by atoms with Crippen LogP contribution in [-0.4, -0.2) is 31.0 Å². The summed E-state index contributed by atoms with van der Waals surface area (Å²) in [6.45, 7) is 6.98. The number of halogens is 3. The van der Waals surface area contributed by atoms with Gasteiger partial charge in [0.05, 0.1) is 18.2 Å². The van der Waals surface area contributed by atoms with Gasteiger partial charge in [-0.3, -0.25) is 4.57 Å². The highest BCUT2D eigenvalue weighted by Crippen LogP contribution is 2.48. The summed E-state index contributed by atoms with van der Waals surface area (Å²) in [5.41, 5.74) is -0.762. The van der Waals surface area contributed by atoms with Gasteiger partial charge < -0.3 is 18.7 Å². The number of carbonyl (C=O) groups excluding carboxylic acids is 1. The highest BCUT2D eigenvalue weighted by Gasteiger charge is 2.30. The Kier molecular flexibility index (Phi) is 9.62. The molecule has 10 heteroatoms. The van der Waals surface area contributed by atoms with Crippen LogP contribution in [-0.2, 0) is 24.8 Å². The average Bonchev–Trinajstić information content (AvgIpc) is 2.79. The molecule has 0 saturated carbocycles. The van der Waals surface area contributed by atoms with Crippen molar-refractivity contribution in [1.29, 1.82) is 0 Å². The Balaban J connectivity index is 2.11. The van der Waals surface area contributed by atoms with Crippen molar-refractivity contribution < 1.29 is 41.3 Å². The van der Waals surface area contributed by atoms with E-state index in [0.717, 1.165) is 18.2 Å². The SMILES string of the molecule is CCOC(=O)C=C(OP(=O)(CC)CC)C(C)Oc1ccc(Oc2ccc(C(F)(F)F)cc2)cc1. The molecule has 0 aliphatic rings. The first-order valence-corrected chi connectivity index (χ1v) is 12.8. The number of hydrogen-bond acceptors (Lipinski definition) is 6. The second-order valence-corrected chi connectivity index (χ2v) is 10.3. The summed E-state index contributed by atoms with van der Waals surface area (Å²) >= 11 is 0. The van der Waals surface area contributed by atoms with Crippen LogP contribution < -0.4 is 9.47 Å². The van der Waals surface area contributed by atoms with Gasteiger partial charge in [0.15, 0.2) is 11.9 Å². The number of carbonyl (C=O) groups is 1. The van der Waals surface area contributed by atoms with Gasteiger partial charge in [-0.25, -0.2) is 4.79 Å². The minimum atomic E-state index is -4.42. The molecule has 2 aromatic carbocycles. The Morgan fingerprint density at radius 3 is 1.91 bits per heavy atom. The molecule has 0 heterocycles. The molecule has 186 valence electrons. The first kappa shape index (κ1) is 27.3. The molecule has 0 radical (unpaired) electrons. The van der Waals surface area contributed by atoms with Gasteiger partial charge in [0.1, 0.15) is 17.2 Å². The van der Waals surface area contributed by atoms with Crippen molar-refractivity contribution in [1.82, 2.24) is 0 Å². The summed E-state index contributed by atoms with van der Waals surface area (Å²) in [4.78, 5) is 12.0. The number of benzene rings is 2. The van der Waals surface area contributed by atoms with E-state index >= 15 is 0 Å². The van der Waals surface area contributed by atoms with E-state index in [-0.39, 0.29) is 18.1 Å². The van der Waals surface area contributed by atoms with E-state index in [1.807, 2.05) is 0 Å². The fourth-order valence-electron chi connectivity index (χ4n) is 2.76. The molecular formula is C24H28F3O6P.